The van der Waals surface area contributed by atoms with Crippen LogP contribution in [0.3, 0.4) is 0 Å². The van der Waals surface area contributed by atoms with E-state index in [1.165, 1.54) is 18.9 Å². The third-order valence-corrected chi connectivity index (χ3v) is 3.79. The number of nitrogens with zero attached hydrogens (tertiary/aromatic N) is 2. The molecule has 7 nitrogen and oxygen atoms in total. The largest absolute Gasteiger partial charge is 0.382 e. The normalized spacial score (nSPS) is 27.2. The van der Waals surface area contributed by atoms with Gasteiger partial charge < -0.3 is 15.8 Å². The van der Waals surface area contributed by atoms with Crippen LogP contribution >= 0.6 is 0 Å². The number of anilines is 1. The van der Waals surface area contributed by atoms with Crippen LogP contribution in [-0.4, -0.2) is 59.4 Å². The minimum absolute atomic E-state index is 0.0681. The number of rotatable bonds is 3. The van der Waals surface area contributed by atoms with Crippen molar-refractivity contribution in [3.8, 4) is 0 Å². The molecule has 2 fully saturated rings. The first-order chi connectivity index (χ1) is 9.22. The van der Waals surface area contributed by atoms with Gasteiger partial charge in [0, 0.05) is 25.2 Å². The second-order valence-electron chi connectivity index (χ2n) is 5.16. The number of morpholine rings is 1. The van der Waals surface area contributed by atoms with Crippen LogP contribution in [0.15, 0.2) is 6.07 Å². The Morgan fingerprint density at radius 3 is 3.37 bits per heavy atom. The zero-order chi connectivity index (χ0) is 13.2. The zero-order valence-electron chi connectivity index (χ0n) is 10.8. The van der Waals surface area contributed by atoms with Gasteiger partial charge in [0.05, 0.1) is 12.7 Å². The van der Waals surface area contributed by atoms with Crippen molar-refractivity contribution in [1.82, 2.24) is 20.4 Å². The van der Waals surface area contributed by atoms with Crippen LogP contribution in [0.25, 0.3) is 0 Å². The summed E-state index contributed by atoms with van der Waals surface area (Å²) in [4.78, 5) is 14.3. The molecule has 0 aliphatic carbocycles. The molecule has 0 saturated carbocycles. The summed E-state index contributed by atoms with van der Waals surface area (Å²) >= 11 is 0. The van der Waals surface area contributed by atoms with Gasteiger partial charge in [0.2, 0.25) is 0 Å². The number of hydrogen-bond acceptors (Lipinski definition) is 5. The zero-order valence-corrected chi connectivity index (χ0v) is 10.8. The van der Waals surface area contributed by atoms with Crippen molar-refractivity contribution in [3.63, 3.8) is 0 Å². The molecule has 4 N–H and O–H groups in total. The first kappa shape index (κ1) is 12.4. The molecule has 0 bridgehead atoms. The van der Waals surface area contributed by atoms with Gasteiger partial charge in [0.15, 0.2) is 0 Å². The fraction of sp³-hybridized carbons (Fsp3) is 0.667. The van der Waals surface area contributed by atoms with Gasteiger partial charge in [-0.2, -0.15) is 5.10 Å². The standard InChI is InChI=1S/C12H19N5O2/c13-11-4-10(15-16-11)12(18)14-5-9-6-17-3-1-2-8(17)7-19-9/h4,8-9H,1-3,5-7H2,(H,14,18)(H3,13,15,16). The molecule has 3 rings (SSSR count). The molecule has 2 saturated heterocycles. The molecule has 1 amide bonds. The van der Waals surface area contributed by atoms with Crippen molar-refractivity contribution >= 4 is 11.7 Å². The van der Waals surface area contributed by atoms with Gasteiger partial charge in [-0.15, -0.1) is 0 Å². The van der Waals surface area contributed by atoms with Crippen molar-refractivity contribution in [2.75, 3.05) is 32.0 Å². The number of nitrogens with two attached hydrogens (primary N) is 1. The molecule has 0 radical (unpaired) electrons. The van der Waals surface area contributed by atoms with E-state index in [0.29, 0.717) is 24.1 Å². The summed E-state index contributed by atoms with van der Waals surface area (Å²) in [7, 11) is 0. The van der Waals surface area contributed by atoms with Gasteiger partial charge in [-0.1, -0.05) is 0 Å². The second kappa shape index (κ2) is 5.18. The average molecular weight is 265 g/mol. The number of aromatic nitrogens is 2. The average Bonchev–Trinajstić information content (AvgIpc) is 3.03. The Kier molecular flexibility index (Phi) is 3.39. The number of fused-ring (bicyclic) bond motifs is 1. The van der Waals surface area contributed by atoms with Crippen LogP contribution in [0.2, 0.25) is 0 Å². The number of nitrogens with one attached hydrogen (secondary N) is 2. The Balaban J connectivity index is 1.48. The van der Waals surface area contributed by atoms with Gasteiger partial charge in [-0.3, -0.25) is 14.8 Å². The fourth-order valence-electron chi connectivity index (χ4n) is 2.76. The number of H-pyrrole nitrogens is 1. The molecule has 2 atom stereocenters. The first-order valence-corrected chi connectivity index (χ1v) is 6.67. The number of carbonyl (C=O) groups excluding carboxylic acids is 1. The number of carbonyl (C=O) groups is 1. The molecule has 2 unspecified atom stereocenters. The highest BCUT2D eigenvalue weighted by Crippen LogP contribution is 2.22. The molecular weight excluding hydrogens is 246 g/mol. The lowest BCUT2D eigenvalue weighted by molar-refractivity contribution is -0.0462. The molecule has 19 heavy (non-hydrogen) atoms. The molecule has 0 aromatic carbocycles. The van der Waals surface area contributed by atoms with E-state index in [1.807, 2.05) is 0 Å². The van der Waals surface area contributed by atoms with Crippen LogP contribution in [0.5, 0.6) is 0 Å². The van der Waals surface area contributed by atoms with E-state index in [0.717, 1.165) is 19.7 Å². The quantitative estimate of drug-likeness (QED) is 0.690. The van der Waals surface area contributed by atoms with Crippen molar-refractivity contribution in [2.24, 2.45) is 0 Å². The van der Waals surface area contributed by atoms with Crippen molar-refractivity contribution < 1.29 is 9.53 Å². The van der Waals surface area contributed by atoms with E-state index in [1.54, 1.807) is 0 Å². The van der Waals surface area contributed by atoms with Crippen LogP contribution in [0.1, 0.15) is 23.3 Å². The Morgan fingerprint density at radius 2 is 2.58 bits per heavy atom. The lowest BCUT2D eigenvalue weighted by Crippen LogP contribution is -2.50. The summed E-state index contributed by atoms with van der Waals surface area (Å²) in [5.41, 5.74) is 5.84. The molecular formula is C12H19N5O2. The number of amides is 1. The van der Waals surface area contributed by atoms with Crippen LogP contribution < -0.4 is 11.1 Å². The van der Waals surface area contributed by atoms with E-state index in [4.69, 9.17) is 10.5 Å². The van der Waals surface area contributed by atoms with E-state index in [-0.39, 0.29) is 12.0 Å². The third kappa shape index (κ3) is 2.71. The van der Waals surface area contributed by atoms with Crippen molar-refractivity contribution in [2.45, 2.75) is 25.0 Å². The SMILES string of the molecule is Nc1cc(C(=O)NCC2CN3CCCC3CO2)[nH]n1. The van der Waals surface area contributed by atoms with Gasteiger partial charge in [0.25, 0.3) is 5.91 Å². The minimum atomic E-state index is -0.198. The molecule has 2 aliphatic rings. The number of hydrogen-bond donors (Lipinski definition) is 3. The topological polar surface area (TPSA) is 96.3 Å². The Bertz CT molecular complexity index is 461. The molecule has 0 spiro atoms. The molecule has 7 heteroatoms. The molecule has 3 heterocycles. The maximum absolute atomic E-state index is 11.8. The molecule has 1 aromatic rings. The van der Waals surface area contributed by atoms with Gasteiger partial charge in [0.1, 0.15) is 11.5 Å². The summed E-state index contributed by atoms with van der Waals surface area (Å²) < 4.78 is 5.78. The Morgan fingerprint density at radius 1 is 1.68 bits per heavy atom. The smallest absolute Gasteiger partial charge is 0.269 e. The van der Waals surface area contributed by atoms with E-state index < -0.39 is 0 Å². The van der Waals surface area contributed by atoms with Crippen LogP contribution in [-0.2, 0) is 4.74 Å². The lowest BCUT2D eigenvalue weighted by atomic mass is 10.2. The Labute approximate surface area is 111 Å². The van der Waals surface area contributed by atoms with Crippen LogP contribution in [0.4, 0.5) is 5.82 Å². The highest BCUT2D eigenvalue weighted by atomic mass is 16.5. The predicted molar refractivity (Wildman–Crippen MR) is 69.7 cm³/mol. The lowest BCUT2D eigenvalue weighted by Gasteiger charge is -2.35. The number of nitrogen functional groups attached to an aromatic ring is 1. The summed E-state index contributed by atoms with van der Waals surface area (Å²) in [6.45, 7) is 3.34. The fourth-order valence-corrected chi connectivity index (χ4v) is 2.76. The van der Waals surface area contributed by atoms with Gasteiger partial charge in [-0.25, -0.2) is 0 Å². The highest BCUT2D eigenvalue weighted by molar-refractivity contribution is 5.92. The van der Waals surface area contributed by atoms with E-state index in [9.17, 15) is 4.79 Å². The van der Waals surface area contributed by atoms with Gasteiger partial charge in [-0.05, 0) is 19.4 Å². The predicted octanol–water partition coefficient (Wildman–Crippen LogP) is -0.415. The third-order valence-electron chi connectivity index (χ3n) is 3.79. The summed E-state index contributed by atoms with van der Waals surface area (Å²) in [6, 6.07) is 2.10. The summed E-state index contributed by atoms with van der Waals surface area (Å²) in [5.74, 6) is 0.121. The Hall–Kier alpha value is -1.60. The van der Waals surface area contributed by atoms with Crippen LogP contribution in [0, 0.1) is 0 Å². The van der Waals surface area contributed by atoms with Crippen molar-refractivity contribution in [3.05, 3.63) is 11.8 Å². The van der Waals surface area contributed by atoms with E-state index in [2.05, 4.69) is 20.4 Å². The number of ether oxygens (including phenoxy) is 1. The van der Waals surface area contributed by atoms with Crippen molar-refractivity contribution in [1.29, 1.82) is 0 Å². The molecule has 1 aromatic heterocycles. The maximum Gasteiger partial charge on any atom is 0.269 e. The van der Waals surface area contributed by atoms with E-state index >= 15 is 0 Å². The number of aromatic amines is 1. The second-order valence-corrected chi connectivity index (χ2v) is 5.16. The maximum atomic E-state index is 11.8. The molecule has 2 aliphatic heterocycles. The minimum Gasteiger partial charge on any atom is -0.382 e. The highest BCUT2D eigenvalue weighted by Gasteiger charge is 2.32. The van der Waals surface area contributed by atoms with Gasteiger partial charge >= 0.3 is 0 Å². The summed E-state index contributed by atoms with van der Waals surface area (Å²) in [6.07, 6.45) is 2.55. The monoisotopic (exact) mass is 265 g/mol. The molecule has 104 valence electrons. The first-order valence-electron chi connectivity index (χ1n) is 6.67. The summed E-state index contributed by atoms with van der Waals surface area (Å²) in [5, 5.41) is 9.16.